The van der Waals surface area contributed by atoms with E-state index in [0.29, 0.717) is 6.42 Å². The van der Waals surface area contributed by atoms with Gasteiger partial charge in [-0.3, -0.25) is 4.79 Å². The van der Waals surface area contributed by atoms with Crippen molar-refractivity contribution in [2.45, 2.75) is 18.8 Å². The van der Waals surface area contributed by atoms with Crippen LogP contribution in [0.1, 0.15) is 18.1 Å². The molecule has 3 aromatic rings. The molecule has 0 bridgehead atoms. The Kier molecular flexibility index (Phi) is 4.19. The fourth-order valence-electron chi connectivity index (χ4n) is 3.78. The Hall–Kier alpha value is -3.14. The summed E-state index contributed by atoms with van der Waals surface area (Å²) in [4.78, 5) is 12.9. The molecule has 0 aliphatic carbocycles. The van der Waals surface area contributed by atoms with Gasteiger partial charge in [0, 0.05) is 5.56 Å². The van der Waals surface area contributed by atoms with Gasteiger partial charge in [-0.05, 0) is 54.3 Å². The molecule has 1 aliphatic rings. The monoisotopic (exact) mass is 361 g/mol. The van der Waals surface area contributed by atoms with E-state index in [4.69, 9.17) is 4.74 Å². The molecule has 1 unspecified atom stereocenters. The molecular weight excluding hydrogens is 341 g/mol. The van der Waals surface area contributed by atoms with Crippen LogP contribution in [0.4, 0.5) is 10.1 Å². The van der Waals surface area contributed by atoms with Crippen molar-refractivity contribution in [2.75, 3.05) is 12.4 Å². The summed E-state index contributed by atoms with van der Waals surface area (Å²) in [6, 6.07) is 20.1. The molecule has 4 heteroatoms. The summed E-state index contributed by atoms with van der Waals surface area (Å²) < 4.78 is 18.9. The molecular formula is C23H20FNO2. The van der Waals surface area contributed by atoms with Crippen LogP contribution in [0.5, 0.6) is 5.75 Å². The van der Waals surface area contributed by atoms with Crippen molar-refractivity contribution >= 4 is 11.6 Å². The molecule has 27 heavy (non-hydrogen) atoms. The zero-order chi connectivity index (χ0) is 19.0. The first-order valence-electron chi connectivity index (χ1n) is 8.85. The summed E-state index contributed by atoms with van der Waals surface area (Å²) in [7, 11) is 1.63. The Labute approximate surface area is 157 Å². The Balaban J connectivity index is 1.79. The van der Waals surface area contributed by atoms with E-state index >= 15 is 0 Å². The van der Waals surface area contributed by atoms with Crippen molar-refractivity contribution in [3.8, 4) is 16.9 Å². The van der Waals surface area contributed by atoms with Gasteiger partial charge in [-0.25, -0.2) is 4.39 Å². The number of carbonyl (C=O) groups excluding carboxylic acids is 1. The van der Waals surface area contributed by atoms with Gasteiger partial charge in [0.15, 0.2) is 0 Å². The molecule has 1 heterocycles. The van der Waals surface area contributed by atoms with Crippen LogP contribution in [0.3, 0.4) is 0 Å². The van der Waals surface area contributed by atoms with E-state index in [-0.39, 0.29) is 11.7 Å². The van der Waals surface area contributed by atoms with Gasteiger partial charge >= 0.3 is 0 Å². The Morgan fingerprint density at radius 2 is 1.81 bits per heavy atom. The van der Waals surface area contributed by atoms with Crippen LogP contribution < -0.4 is 10.1 Å². The second-order valence-electron chi connectivity index (χ2n) is 7.05. The maximum atomic E-state index is 13.6. The number of rotatable bonds is 4. The normalized spacial score (nSPS) is 18.1. The zero-order valence-electron chi connectivity index (χ0n) is 15.3. The third kappa shape index (κ3) is 2.97. The first-order valence-corrected chi connectivity index (χ1v) is 8.85. The van der Waals surface area contributed by atoms with Crippen LogP contribution in [0.2, 0.25) is 0 Å². The second kappa shape index (κ2) is 6.54. The van der Waals surface area contributed by atoms with Crippen molar-refractivity contribution < 1.29 is 13.9 Å². The number of hydrogen-bond donors (Lipinski definition) is 1. The molecule has 3 aromatic carbocycles. The number of ether oxygens (including phenoxy) is 1. The van der Waals surface area contributed by atoms with Gasteiger partial charge in [0.1, 0.15) is 11.6 Å². The number of halogens is 1. The minimum atomic E-state index is -0.752. The van der Waals surface area contributed by atoms with Crippen LogP contribution in [0.25, 0.3) is 11.1 Å². The molecule has 0 fully saturated rings. The Morgan fingerprint density at radius 3 is 2.59 bits per heavy atom. The van der Waals surface area contributed by atoms with Crippen molar-refractivity contribution in [2.24, 2.45) is 0 Å². The molecule has 136 valence electrons. The van der Waals surface area contributed by atoms with Crippen LogP contribution in [-0.2, 0) is 16.6 Å². The molecule has 0 saturated carbocycles. The van der Waals surface area contributed by atoms with Gasteiger partial charge in [-0.1, -0.05) is 42.5 Å². The lowest BCUT2D eigenvalue weighted by molar-refractivity contribution is -0.120. The summed E-state index contributed by atoms with van der Waals surface area (Å²) in [5.41, 5.74) is 3.71. The van der Waals surface area contributed by atoms with Crippen molar-refractivity contribution in [1.29, 1.82) is 0 Å². The van der Waals surface area contributed by atoms with Gasteiger partial charge in [0.2, 0.25) is 5.91 Å². The third-order valence-electron chi connectivity index (χ3n) is 5.23. The van der Waals surface area contributed by atoms with Crippen LogP contribution in [0, 0.1) is 5.82 Å². The number of fused-ring (bicyclic) bond motifs is 1. The highest BCUT2D eigenvalue weighted by molar-refractivity contribution is 6.09. The number of para-hydroxylation sites is 1. The summed E-state index contributed by atoms with van der Waals surface area (Å²) in [6.45, 7) is 1.91. The van der Waals surface area contributed by atoms with E-state index in [0.717, 1.165) is 33.7 Å². The highest BCUT2D eigenvalue weighted by Gasteiger charge is 2.43. The SMILES string of the molecule is COc1cccc(-c2cccc3c2NC(=O)C3(C)Cc2cccc(F)c2)c1. The predicted molar refractivity (Wildman–Crippen MR) is 105 cm³/mol. The first kappa shape index (κ1) is 17.3. The topological polar surface area (TPSA) is 38.3 Å². The van der Waals surface area contributed by atoms with E-state index in [2.05, 4.69) is 5.32 Å². The Bertz CT molecular complexity index is 1030. The highest BCUT2D eigenvalue weighted by atomic mass is 19.1. The maximum absolute atomic E-state index is 13.6. The number of methoxy groups -OCH3 is 1. The summed E-state index contributed by atoms with van der Waals surface area (Å²) in [6.07, 6.45) is 0.436. The molecule has 3 nitrogen and oxygen atoms in total. The Morgan fingerprint density at radius 1 is 1.04 bits per heavy atom. The lowest BCUT2D eigenvalue weighted by atomic mass is 9.77. The van der Waals surface area contributed by atoms with Gasteiger partial charge in [0.05, 0.1) is 18.2 Å². The van der Waals surface area contributed by atoms with Crippen LogP contribution in [0.15, 0.2) is 66.7 Å². The van der Waals surface area contributed by atoms with E-state index in [1.807, 2.05) is 55.5 Å². The fourth-order valence-corrected chi connectivity index (χ4v) is 3.78. The molecule has 0 saturated heterocycles. The maximum Gasteiger partial charge on any atom is 0.235 e. The summed E-state index contributed by atoms with van der Waals surface area (Å²) in [5.74, 6) is 0.397. The number of benzene rings is 3. The molecule has 0 aromatic heterocycles. The molecule has 1 amide bonds. The van der Waals surface area contributed by atoms with Crippen molar-refractivity contribution in [1.82, 2.24) is 0 Å². The number of nitrogens with one attached hydrogen (secondary N) is 1. The highest BCUT2D eigenvalue weighted by Crippen LogP contribution is 2.45. The number of anilines is 1. The average molecular weight is 361 g/mol. The number of hydrogen-bond acceptors (Lipinski definition) is 2. The molecule has 1 atom stereocenters. The van der Waals surface area contributed by atoms with Crippen LogP contribution in [-0.4, -0.2) is 13.0 Å². The van der Waals surface area contributed by atoms with Crippen molar-refractivity contribution in [3.05, 3.63) is 83.7 Å². The first-order chi connectivity index (χ1) is 13.0. The van der Waals surface area contributed by atoms with Gasteiger partial charge < -0.3 is 10.1 Å². The molecule has 0 radical (unpaired) electrons. The fraction of sp³-hybridized carbons (Fsp3) is 0.174. The number of amides is 1. The van der Waals surface area contributed by atoms with Crippen molar-refractivity contribution in [3.63, 3.8) is 0 Å². The average Bonchev–Trinajstić information content (AvgIpc) is 2.92. The van der Waals surface area contributed by atoms with E-state index in [1.165, 1.54) is 12.1 Å². The second-order valence-corrected chi connectivity index (χ2v) is 7.05. The quantitative estimate of drug-likeness (QED) is 0.714. The third-order valence-corrected chi connectivity index (χ3v) is 5.23. The van der Waals surface area contributed by atoms with Crippen LogP contribution >= 0.6 is 0 Å². The minimum absolute atomic E-state index is 0.0721. The van der Waals surface area contributed by atoms with Gasteiger partial charge in [-0.15, -0.1) is 0 Å². The standard InChI is InChI=1S/C23H20FNO2/c1-23(14-15-6-3-8-17(24)12-15)20-11-5-10-19(21(20)25-22(23)26)16-7-4-9-18(13-16)27-2/h3-13H,14H2,1-2H3,(H,25,26). The lowest BCUT2D eigenvalue weighted by Crippen LogP contribution is -2.33. The predicted octanol–water partition coefficient (Wildman–Crippen LogP) is 4.95. The zero-order valence-corrected chi connectivity index (χ0v) is 15.3. The minimum Gasteiger partial charge on any atom is -0.497 e. The lowest BCUT2D eigenvalue weighted by Gasteiger charge is -2.22. The molecule has 1 N–H and O–H groups in total. The largest absolute Gasteiger partial charge is 0.497 e. The molecule has 0 spiro atoms. The summed E-state index contributed by atoms with van der Waals surface area (Å²) >= 11 is 0. The number of carbonyl (C=O) groups is 1. The molecule has 4 rings (SSSR count). The van der Waals surface area contributed by atoms with Gasteiger partial charge in [-0.2, -0.15) is 0 Å². The van der Waals surface area contributed by atoms with E-state index < -0.39 is 5.41 Å². The summed E-state index contributed by atoms with van der Waals surface area (Å²) in [5, 5.41) is 3.05. The van der Waals surface area contributed by atoms with E-state index in [9.17, 15) is 9.18 Å². The van der Waals surface area contributed by atoms with E-state index in [1.54, 1.807) is 13.2 Å². The van der Waals surface area contributed by atoms with Gasteiger partial charge in [0.25, 0.3) is 0 Å². The smallest absolute Gasteiger partial charge is 0.235 e. The molecule has 1 aliphatic heterocycles.